The van der Waals surface area contributed by atoms with E-state index in [2.05, 4.69) is 72.4 Å². The van der Waals surface area contributed by atoms with Crippen LogP contribution in [0.15, 0.2) is 47.3 Å². The fraction of sp³-hybridized carbons (Fsp3) is 0.375. The van der Waals surface area contributed by atoms with Crippen LogP contribution in [0.1, 0.15) is 25.2 Å². The molecule has 9 heteroatoms. The number of anilines is 1. The smallest absolute Gasteiger partial charge is 0.258 e. The lowest BCUT2D eigenvalue weighted by molar-refractivity contribution is 0.244. The Kier molecular flexibility index (Phi) is 5.87. The molecule has 2 aromatic carbocycles. The van der Waals surface area contributed by atoms with Gasteiger partial charge in [-0.1, -0.05) is 32.0 Å². The predicted molar refractivity (Wildman–Crippen MR) is 128 cm³/mol. The summed E-state index contributed by atoms with van der Waals surface area (Å²) in [6.07, 6.45) is 1.03. The molecule has 3 heterocycles. The molecule has 0 saturated carbocycles. The zero-order valence-corrected chi connectivity index (χ0v) is 19.0. The molecule has 170 valence electrons. The number of benzene rings is 2. The molecule has 1 fully saturated rings. The van der Waals surface area contributed by atoms with E-state index in [9.17, 15) is 4.79 Å². The van der Waals surface area contributed by atoms with Gasteiger partial charge in [-0.15, -0.1) is 10.2 Å². The SMILES string of the molecule is CC(C)Cc1ccc(-c2nn[nH]n2)c(N2CCN(Cc3nc4ccccc4c(=O)[nH]3)CC2)c1. The minimum atomic E-state index is -0.0824. The third-order valence-corrected chi connectivity index (χ3v) is 6.04. The van der Waals surface area contributed by atoms with Crippen LogP contribution in [0.2, 0.25) is 0 Å². The molecule has 0 spiro atoms. The molecule has 1 aliphatic rings. The van der Waals surface area contributed by atoms with E-state index in [4.69, 9.17) is 0 Å². The second-order valence-corrected chi connectivity index (χ2v) is 8.98. The van der Waals surface area contributed by atoms with Crippen molar-refractivity contribution in [3.8, 4) is 11.4 Å². The Bertz CT molecular complexity index is 1290. The molecule has 2 N–H and O–H groups in total. The van der Waals surface area contributed by atoms with Gasteiger partial charge in [0, 0.05) is 37.4 Å². The van der Waals surface area contributed by atoms with Crippen LogP contribution in [0.5, 0.6) is 0 Å². The predicted octanol–water partition coefficient (Wildman–Crippen LogP) is 2.62. The largest absolute Gasteiger partial charge is 0.368 e. The number of H-pyrrole nitrogens is 2. The highest BCUT2D eigenvalue weighted by Gasteiger charge is 2.22. The molecule has 4 aromatic rings. The molecule has 33 heavy (non-hydrogen) atoms. The van der Waals surface area contributed by atoms with Crippen molar-refractivity contribution in [2.75, 3.05) is 31.1 Å². The summed E-state index contributed by atoms with van der Waals surface area (Å²) >= 11 is 0. The maximum absolute atomic E-state index is 12.4. The zero-order valence-electron chi connectivity index (χ0n) is 19.0. The number of rotatable bonds is 6. The standard InChI is InChI=1S/C24H28N8O/c1-16(2)13-17-7-8-19(23-27-29-30-28-23)21(14-17)32-11-9-31(10-12-32)15-22-25-20-6-4-3-5-18(20)24(33)26-22/h3-8,14,16H,9-13,15H2,1-2H3,(H,25,26,33)(H,27,28,29,30). The van der Waals surface area contributed by atoms with Crippen molar-refractivity contribution in [2.45, 2.75) is 26.8 Å². The van der Waals surface area contributed by atoms with Crippen molar-refractivity contribution in [3.63, 3.8) is 0 Å². The number of hydrogen-bond acceptors (Lipinski definition) is 7. The van der Waals surface area contributed by atoms with E-state index >= 15 is 0 Å². The van der Waals surface area contributed by atoms with E-state index in [0.717, 1.165) is 49.4 Å². The number of aromatic amines is 2. The van der Waals surface area contributed by atoms with Gasteiger partial charge >= 0.3 is 0 Å². The molecular weight excluding hydrogens is 416 g/mol. The van der Waals surface area contributed by atoms with E-state index in [0.29, 0.717) is 29.5 Å². The Hall–Kier alpha value is -3.59. The number of fused-ring (bicyclic) bond motifs is 1. The number of para-hydroxylation sites is 1. The third-order valence-electron chi connectivity index (χ3n) is 6.04. The minimum Gasteiger partial charge on any atom is -0.368 e. The zero-order chi connectivity index (χ0) is 22.8. The van der Waals surface area contributed by atoms with Gasteiger partial charge in [0.2, 0.25) is 5.82 Å². The maximum atomic E-state index is 12.4. The van der Waals surface area contributed by atoms with Crippen molar-refractivity contribution in [1.29, 1.82) is 0 Å². The van der Waals surface area contributed by atoms with Crippen LogP contribution >= 0.6 is 0 Å². The van der Waals surface area contributed by atoms with E-state index in [1.807, 2.05) is 18.2 Å². The van der Waals surface area contributed by atoms with E-state index < -0.39 is 0 Å². The van der Waals surface area contributed by atoms with Gasteiger partial charge in [0.05, 0.1) is 17.4 Å². The second kappa shape index (κ2) is 9.11. The van der Waals surface area contributed by atoms with Crippen molar-refractivity contribution >= 4 is 16.6 Å². The average molecular weight is 445 g/mol. The Balaban J connectivity index is 1.33. The summed E-state index contributed by atoms with van der Waals surface area (Å²) in [6, 6.07) is 14.0. The monoisotopic (exact) mass is 444 g/mol. The number of nitrogens with zero attached hydrogens (tertiary/aromatic N) is 6. The summed E-state index contributed by atoms with van der Waals surface area (Å²) < 4.78 is 0. The first-order valence-electron chi connectivity index (χ1n) is 11.4. The summed E-state index contributed by atoms with van der Waals surface area (Å²) in [5.41, 5.74) is 4.10. The van der Waals surface area contributed by atoms with E-state index in [-0.39, 0.29) is 5.56 Å². The van der Waals surface area contributed by atoms with Crippen LogP contribution in [0, 0.1) is 5.92 Å². The number of tetrazole rings is 1. The van der Waals surface area contributed by atoms with Crippen LogP contribution in [-0.4, -0.2) is 61.7 Å². The summed E-state index contributed by atoms with van der Waals surface area (Å²) in [4.78, 5) is 24.7. The number of hydrogen-bond donors (Lipinski definition) is 2. The van der Waals surface area contributed by atoms with Crippen LogP contribution in [0.25, 0.3) is 22.3 Å². The first-order valence-corrected chi connectivity index (χ1v) is 11.4. The topological polar surface area (TPSA) is 107 Å². The summed E-state index contributed by atoms with van der Waals surface area (Å²) in [5.74, 6) is 1.90. The van der Waals surface area contributed by atoms with Crippen LogP contribution in [0.4, 0.5) is 5.69 Å². The minimum absolute atomic E-state index is 0.0824. The lowest BCUT2D eigenvalue weighted by Gasteiger charge is -2.36. The van der Waals surface area contributed by atoms with E-state index in [1.165, 1.54) is 5.56 Å². The molecule has 0 unspecified atom stereocenters. The lowest BCUT2D eigenvalue weighted by atomic mass is 9.99. The first kappa shape index (κ1) is 21.3. The van der Waals surface area contributed by atoms with Crippen LogP contribution in [-0.2, 0) is 13.0 Å². The molecule has 0 bridgehead atoms. The number of piperazine rings is 1. The van der Waals surface area contributed by atoms with Crippen LogP contribution < -0.4 is 10.5 Å². The van der Waals surface area contributed by atoms with Crippen molar-refractivity contribution in [3.05, 3.63) is 64.2 Å². The van der Waals surface area contributed by atoms with Gasteiger partial charge in [-0.3, -0.25) is 9.69 Å². The van der Waals surface area contributed by atoms with Gasteiger partial charge in [-0.05, 0) is 47.4 Å². The van der Waals surface area contributed by atoms with Crippen LogP contribution in [0.3, 0.4) is 0 Å². The fourth-order valence-electron chi connectivity index (χ4n) is 4.47. The summed E-state index contributed by atoms with van der Waals surface area (Å²) in [7, 11) is 0. The average Bonchev–Trinajstić information content (AvgIpc) is 3.34. The normalized spacial score (nSPS) is 14.9. The van der Waals surface area contributed by atoms with Gasteiger partial charge < -0.3 is 9.88 Å². The second-order valence-electron chi connectivity index (χ2n) is 8.98. The van der Waals surface area contributed by atoms with E-state index in [1.54, 1.807) is 6.07 Å². The Labute approximate surface area is 191 Å². The highest BCUT2D eigenvalue weighted by atomic mass is 16.1. The number of aromatic nitrogens is 6. The Morgan fingerprint density at radius 3 is 2.64 bits per heavy atom. The maximum Gasteiger partial charge on any atom is 0.258 e. The lowest BCUT2D eigenvalue weighted by Crippen LogP contribution is -2.46. The van der Waals surface area contributed by atoms with Gasteiger partial charge in [-0.25, -0.2) is 4.98 Å². The van der Waals surface area contributed by atoms with Crippen molar-refractivity contribution in [2.24, 2.45) is 5.92 Å². The molecule has 5 rings (SSSR count). The molecular formula is C24H28N8O. The molecule has 0 aliphatic carbocycles. The third kappa shape index (κ3) is 4.63. The Morgan fingerprint density at radius 2 is 1.88 bits per heavy atom. The molecule has 1 aliphatic heterocycles. The van der Waals surface area contributed by atoms with Crippen molar-refractivity contribution < 1.29 is 0 Å². The highest BCUT2D eigenvalue weighted by Crippen LogP contribution is 2.31. The quantitative estimate of drug-likeness (QED) is 0.471. The van der Waals surface area contributed by atoms with Crippen molar-refractivity contribution in [1.82, 2.24) is 35.5 Å². The molecule has 9 nitrogen and oxygen atoms in total. The number of nitrogens with one attached hydrogen (secondary N) is 2. The van der Waals surface area contributed by atoms with Gasteiger partial charge in [0.1, 0.15) is 5.82 Å². The fourth-order valence-corrected chi connectivity index (χ4v) is 4.47. The molecule has 0 amide bonds. The van der Waals surface area contributed by atoms with Gasteiger partial charge in [-0.2, -0.15) is 5.21 Å². The van der Waals surface area contributed by atoms with Gasteiger partial charge in [0.25, 0.3) is 5.56 Å². The Morgan fingerprint density at radius 1 is 1.06 bits per heavy atom. The summed E-state index contributed by atoms with van der Waals surface area (Å²) in [6.45, 7) is 8.57. The summed E-state index contributed by atoms with van der Waals surface area (Å²) in [5, 5.41) is 15.4. The molecule has 0 atom stereocenters. The highest BCUT2D eigenvalue weighted by molar-refractivity contribution is 5.77. The van der Waals surface area contributed by atoms with Gasteiger partial charge in [0.15, 0.2) is 0 Å². The molecule has 2 aromatic heterocycles. The first-order chi connectivity index (χ1) is 16.1. The molecule has 1 saturated heterocycles. The molecule has 0 radical (unpaired) electrons.